The Bertz CT molecular complexity index is 10300. The summed E-state index contributed by atoms with van der Waals surface area (Å²) in [6.07, 6.45) is 0. The molecule has 0 unspecified atom stereocenters. The molecule has 0 amide bonds. The summed E-state index contributed by atoms with van der Waals surface area (Å²) in [6, 6.07) is 178. The molecule has 0 saturated carbocycles. The minimum atomic E-state index is 0.618. The van der Waals surface area contributed by atoms with Gasteiger partial charge in [-0.1, -0.05) is 328 Å². The molecule has 12 heteroatoms. The highest BCUT2D eigenvalue weighted by molar-refractivity contribution is 6.23. The van der Waals surface area contributed by atoms with Gasteiger partial charge in [0.25, 0.3) is 0 Å². The van der Waals surface area contributed by atoms with Crippen LogP contribution in [0.15, 0.2) is 536 Å². The van der Waals surface area contributed by atoms with Gasteiger partial charge >= 0.3 is 0 Å². The van der Waals surface area contributed by atoms with Gasteiger partial charge in [-0.2, -0.15) is 0 Å². The molecule has 690 valence electrons. The highest BCUT2D eigenvalue weighted by Crippen LogP contribution is 2.51. The molecule has 0 saturated heterocycles. The maximum atomic E-state index is 6.60. The lowest BCUT2D eigenvalue weighted by Crippen LogP contribution is -2.10. The number of fused-ring (bicyclic) bond motifs is 24. The first-order chi connectivity index (χ1) is 72.8. The van der Waals surface area contributed by atoms with E-state index in [4.69, 9.17) is 41.5 Å². The maximum Gasteiger partial charge on any atom is 0.227 e. The van der Waals surface area contributed by atoms with Gasteiger partial charge in [-0.25, -0.2) is 15.0 Å². The molecule has 0 aliphatic heterocycles. The Labute approximate surface area is 842 Å². The van der Waals surface area contributed by atoms with E-state index in [-0.39, 0.29) is 0 Å². The lowest BCUT2D eigenvalue weighted by molar-refractivity contribution is 0.623. The molecule has 12 nitrogen and oxygen atoms in total. The largest absolute Gasteiger partial charge is 0.456 e. The number of para-hydroxylation sites is 4. The van der Waals surface area contributed by atoms with Crippen LogP contribution in [-0.4, -0.2) is 15.0 Å². The summed E-state index contributed by atoms with van der Waals surface area (Å²) >= 11 is 0. The summed E-state index contributed by atoms with van der Waals surface area (Å²) < 4.78 is 38.8. The SMILES string of the molecule is c1ccc(-c2ccc(N(c3ccc4ccc5ccc6nc(-c7ccccc7)oc6c5c4c3)c3cccc4c3oc3ccccc34)cc2)cc1.c1ccc(-c2ccc(N(c3ccc4ccc5ccc6nc(-c7ccccc7)oc6c5c4c3)c3cccc4oc5ccccc5c34)cc2)cc1.c1ccc(-c2ccc(N(c3ccc4oc5ccccc5c4c3)c3ccc4ccc5ccc6nc(-c7ccccc7)oc6c5c4c3)cc2)cc1. The summed E-state index contributed by atoms with van der Waals surface area (Å²) in [5, 5.41) is 19.7. The van der Waals surface area contributed by atoms with Gasteiger partial charge < -0.3 is 41.2 Å². The lowest BCUT2D eigenvalue weighted by Gasteiger charge is -2.27. The number of oxazole rings is 3. The van der Waals surface area contributed by atoms with Crippen LogP contribution in [0.3, 0.4) is 0 Å². The monoisotopic (exact) mass is 1880 g/mol. The number of aromatic nitrogens is 3. The first-order valence-electron chi connectivity index (χ1n) is 49.4. The highest BCUT2D eigenvalue weighted by atomic mass is 16.4. The van der Waals surface area contributed by atoms with Crippen LogP contribution in [0.25, 0.3) is 231 Å². The standard InChI is InChI=1S/3C45H28N2O2/c1-3-10-29(11-4-1)30-20-24-34(25-21-30)47(40-16-9-15-37-36-14-7-8-17-41(36)48-43(37)40)35-26-22-31-18-19-32-23-27-39-44(42(32)38(31)28-35)49-45(46-39)33-12-5-2-6-13-33;1-3-10-29(11-4-1)30-20-24-34(25-21-30)47(39-15-9-17-41-43(39)36-14-7-8-16-40(36)48-41)35-26-22-31-18-19-32-23-27-38-44(42(32)37(31)28-35)49-45(46-38)33-12-5-2-6-13-33;1-3-9-29(10-4-1)30-17-21-34(22-18-30)47(36-24-26-42-39(28-36)37-13-7-8-14-41(37)48-42)35-23-19-31-15-16-32-20-25-40-44(43(32)38(31)27-35)49-45(46-40)33-11-5-2-6-12-33/h3*1-28H. The Morgan fingerprint density at radius 3 is 0.844 bits per heavy atom. The Balaban J connectivity index is 0.000000107. The van der Waals surface area contributed by atoms with E-state index in [1.54, 1.807) is 0 Å². The topological polar surface area (TPSA) is 127 Å². The van der Waals surface area contributed by atoms with E-state index in [2.05, 4.69) is 360 Å². The van der Waals surface area contributed by atoms with Crippen LogP contribution in [-0.2, 0) is 0 Å². The Morgan fingerprint density at radius 2 is 0.415 bits per heavy atom. The second kappa shape index (κ2) is 35.7. The number of benzene rings is 24. The molecular weight excluding hydrogens is 1800 g/mol. The van der Waals surface area contributed by atoms with E-state index in [9.17, 15) is 0 Å². The molecule has 0 aliphatic rings. The van der Waals surface area contributed by atoms with Crippen LogP contribution in [0.5, 0.6) is 0 Å². The summed E-state index contributed by atoms with van der Waals surface area (Å²) in [7, 11) is 0. The van der Waals surface area contributed by atoms with Crippen molar-refractivity contribution in [2.45, 2.75) is 0 Å². The molecule has 0 bridgehead atoms. The molecule has 0 N–H and O–H groups in total. The predicted octanol–water partition coefficient (Wildman–Crippen LogP) is 38.5. The third-order valence-corrected chi connectivity index (χ3v) is 28.4. The van der Waals surface area contributed by atoms with Crippen LogP contribution in [0, 0.1) is 0 Å². The molecule has 30 rings (SSSR count). The molecule has 24 aromatic carbocycles. The number of furan rings is 3. The minimum Gasteiger partial charge on any atom is -0.456 e. The first-order valence-corrected chi connectivity index (χ1v) is 49.4. The molecule has 0 radical (unpaired) electrons. The van der Waals surface area contributed by atoms with Crippen LogP contribution < -0.4 is 14.7 Å². The zero-order chi connectivity index (χ0) is 96.9. The van der Waals surface area contributed by atoms with E-state index in [0.29, 0.717) is 17.7 Å². The molecule has 6 aromatic heterocycles. The molecule has 147 heavy (non-hydrogen) atoms. The Kier molecular flexibility index (Phi) is 20.6. The lowest BCUT2D eigenvalue weighted by atomic mass is 9.99. The van der Waals surface area contributed by atoms with Crippen LogP contribution >= 0.6 is 0 Å². The Morgan fingerprint density at radius 1 is 0.143 bits per heavy atom. The molecular formula is C135H84N6O6. The summed E-state index contributed by atoms with van der Waals surface area (Å²) in [6.45, 7) is 0. The van der Waals surface area contributed by atoms with Gasteiger partial charge in [0.2, 0.25) is 17.7 Å². The number of nitrogens with zero attached hydrogens (tertiary/aromatic N) is 6. The smallest absolute Gasteiger partial charge is 0.227 e. The van der Waals surface area contributed by atoms with Crippen LogP contribution in [0.2, 0.25) is 0 Å². The van der Waals surface area contributed by atoms with E-state index >= 15 is 0 Å². The summed E-state index contributed by atoms with van der Waals surface area (Å²) in [5.41, 5.74) is 29.3. The number of hydrogen-bond acceptors (Lipinski definition) is 12. The average molecular weight is 1890 g/mol. The molecule has 30 aromatic rings. The summed E-state index contributed by atoms with van der Waals surface area (Å²) in [5.74, 6) is 1.86. The third-order valence-electron chi connectivity index (χ3n) is 28.4. The van der Waals surface area contributed by atoms with E-state index < -0.39 is 0 Å². The predicted molar refractivity (Wildman–Crippen MR) is 606 cm³/mol. The van der Waals surface area contributed by atoms with E-state index in [1.165, 1.54) is 27.8 Å². The van der Waals surface area contributed by atoms with Crippen molar-refractivity contribution in [1.82, 2.24) is 15.0 Å². The van der Waals surface area contributed by atoms with Crippen LogP contribution in [0.1, 0.15) is 0 Å². The molecule has 6 heterocycles. The van der Waals surface area contributed by atoms with Gasteiger partial charge in [0, 0.05) is 99.6 Å². The molecule has 0 atom stereocenters. The molecule has 0 spiro atoms. The van der Waals surface area contributed by atoms with Gasteiger partial charge in [-0.15, -0.1) is 0 Å². The van der Waals surface area contributed by atoms with Crippen molar-refractivity contribution in [2.75, 3.05) is 14.7 Å². The van der Waals surface area contributed by atoms with Crippen molar-refractivity contribution in [1.29, 1.82) is 0 Å². The highest BCUT2D eigenvalue weighted by Gasteiger charge is 2.27. The second-order valence-electron chi connectivity index (χ2n) is 37.1. The summed E-state index contributed by atoms with van der Waals surface area (Å²) in [4.78, 5) is 21.6. The van der Waals surface area contributed by atoms with Gasteiger partial charge in [0.1, 0.15) is 44.5 Å². The van der Waals surface area contributed by atoms with Crippen molar-refractivity contribution in [2.24, 2.45) is 0 Å². The maximum absolute atomic E-state index is 6.60. The zero-order valence-corrected chi connectivity index (χ0v) is 79.1. The van der Waals surface area contributed by atoms with Crippen molar-refractivity contribution in [3.8, 4) is 67.7 Å². The molecule has 0 fully saturated rings. The fraction of sp³-hybridized carbons (Fsp3) is 0. The van der Waals surface area contributed by atoms with E-state index in [0.717, 1.165) is 237 Å². The van der Waals surface area contributed by atoms with Gasteiger partial charge in [-0.05, 0) is 264 Å². The fourth-order valence-corrected chi connectivity index (χ4v) is 21.4. The van der Waals surface area contributed by atoms with E-state index in [1.807, 2.05) is 164 Å². The zero-order valence-electron chi connectivity index (χ0n) is 79.1. The first kappa shape index (κ1) is 85.1. The minimum absolute atomic E-state index is 0.618. The van der Waals surface area contributed by atoms with Gasteiger partial charge in [0.05, 0.1) is 16.8 Å². The normalized spacial score (nSPS) is 11.7. The second-order valence-corrected chi connectivity index (χ2v) is 37.1. The van der Waals surface area contributed by atoms with Crippen molar-refractivity contribution in [3.05, 3.63) is 510 Å². The number of anilines is 9. The third kappa shape index (κ3) is 15.2. The van der Waals surface area contributed by atoms with Gasteiger partial charge in [0.15, 0.2) is 22.3 Å². The number of rotatable bonds is 15. The quantitative estimate of drug-likeness (QED) is 0.0907. The van der Waals surface area contributed by atoms with Crippen LogP contribution in [0.4, 0.5) is 51.2 Å². The van der Waals surface area contributed by atoms with Crippen molar-refractivity contribution < 1.29 is 26.5 Å². The van der Waals surface area contributed by atoms with Crippen molar-refractivity contribution >= 4 is 215 Å². The number of hydrogen-bond donors (Lipinski definition) is 0. The molecule has 0 aliphatic carbocycles. The van der Waals surface area contributed by atoms with Gasteiger partial charge in [-0.3, -0.25) is 0 Å². The van der Waals surface area contributed by atoms with Crippen molar-refractivity contribution in [3.63, 3.8) is 0 Å². The fourth-order valence-electron chi connectivity index (χ4n) is 21.4. The Hall–Kier alpha value is -20.0. The average Bonchev–Trinajstić information content (AvgIpc) is 1.60.